The van der Waals surface area contributed by atoms with Gasteiger partial charge in [-0.2, -0.15) is 0 Å². The van der Waals surface area contributed by atoms with Crippen molar-refractivity contribution in [2.75, 3.05) is 18.5 Å². The molecule has 0 aromatic heterocycles. The third-order valence-corrected chi connectivity index (χ3v) is 4.32. The van der Waals surface area contributed by atoms with Gasteiger partial charge in [0.2, 0.25) is 5.91 Å². The average molecular weight is 324 g/mol. The van der Waals surface area contributed by atoms with Crippen molar-refractivity contribution < 1.29 is 9.53 Å². The van der Waals surface area contributed by atoms with Gasteiger partial charge in [0.05, 0.1) is 12.6 Å². The number of ether oxygens (including phenoxy) is 1. The van der Waals surface area contributed by atoms with Crippen molar-refractivity contribution in [3.63, 3.8) is 0 Å². The summed E-state index contributed by atoms with van der Waals surface area (Å²) in [5.74, 6) is 1.09. The fraction of sp³-hybridized carbons (Fsp3) is 0.350. The van der Waals surface area contributed by atoms with Gasteiger partial charge in [-0.15, -0.1) is 0 Å². The van der Waals surface area contributed by atoms with Crippen LogP contribution in [-0.2, 0) is 4.79 Å². The first-order valence-electron chi connectivity index (χ1n) is 8.54. The number of anilines is 1. The summed E-state index contributed by atoms with van der Waals surface area (Å²) in [5.41, 5.74) is 3.43. The van der Waals surface area contributed by atoms with E-state index in [9.17, 15) is 4.79 Å². The minimum atomic E-state index is 0.129. The summed E-state index contributed by atoms with van der Waals surface area (Å²) < 4.78 is 5.82. The molecule has 0 bridgehead atoms. The Kier molecular flexibility index (Phi) is 5.36. The number of amides is 1. The Hall–Kier alpha value is -2.49. The number of nitrogens with one attached hydrogen (secondary N) is 2. The second-order valence-electron chi connectivity index (χ2n) is 6.14. The molecule has 2 N–H and O–H groups in total. The zero-order valence-electron chi connectivity index (χ0n) is 14.0. The first-order chi connectivity index (χ1) is 11.7. The number of para-hydroxylation sites is 2. The summed E-state index contributed by atoms with van der Waals surface area (Å²) in [6.45, 7) is 3.57. The summed E-state index contributed by atoms with van der Waals surface area (Å²) in [4.78, 5) is 11.5. The maximum atomic E-state index is 11.5. The molecule has 1 atom stereocenters. The van der Waals surface area contributed by atoms with E-state index in [1.54, 1.807) is 0 Å². The maximum absolute atomic E-state index is 11.5. The number of rotatable bonds is 7. The van der Waals surface area contributed by atoms with Gasteiger partial charge in [0, 0.05) is 18.7 Å². The van der Waals surface area contributed by atoms with Gasteiger partial charge >= 0.3 is 0 Å². The van der Waals surface area contributed by atoms with Crippen molar-refractivity contribution >= 4 is 11.6 Å². The molecule has 1 unspecified atom stereocenters. The summed E-state index contributed by atoms with van der Waals surface area (Å²) in [5, 5.41) is 6.51. The Balaban J connectivity index is 1.49. The zero-order valence-corrected chi connectivity index (χ0v) is 14.0. The number of carbonyl (C=O) groups excluding carboxylic acids is 1. The second-order valence-corrected chi connectivity index (χ2v) is 6.14. The van der Waals surface area contributed by atoms with Crippen molar-refractivity contribution in [1.29, 1.82) is 0 Å². The quantitative estimate of drug-likeness (QED) is 0.761. The van der Waals surface area contributed by atoms with E-state index in [-0.39, 0.29) is 11.9 Å². The van der Waals surface area contributed by atoms with Gasteiger partial charge in [-0.3, -0.25) is 4.79 Å². The van der Waals surface area contributed by atoms with Gasteiger partial charge in [-0.05, 0) is 43.0 Å². The van der Waals surface area contributed by atoms with Crippen LogP contribution in [0.3, 0.4) is 0 Å². The minimum Gasteiger partial charge on any atom is -0.493 e. The van der Waals surface area contributed by atoms with E-state index in [0.717, 1.165) is 36.4 Å². The number of carbonyl (C=O) groups is 1. The summed E-state index contributed by atoms with van der Waals surface area (Å²) >= 11 is 0. The van der Waals surface area contributed by atoms with Gasteiger partial charge in [0.25, 0.3) is 0 Å². The maximum Gasteiger partial charge on any atom is 0.220 e. The lowest BCUT2D eigenvalue weighted by Gasteiger charge is -2.17. The topological polar surface area (TPSA) is 50.4 Å². The average Bonchev–Trinajstić information content (AvgIpc) is 3.03. The molecule has 1 amide bonds. The van der Waals surface area contributed by atoms with Crippen molar-refractivity contribution in [3.05, 3.63) is 59.7 Å². The predicted octanol–water partition coefficient (Wildman–Crippen LogP) is 3.83. The third kappa shape index (κ3) is 4.07. The lowest BCUT2D eigenvalue weighted by Crippen LogP contribution is -2.19. The number of benzene rings is 2. The highest BCUT2D eigenvalue weighted by Crippen LogP contribution is 2.29. The fourth-order valence-corrected chi connectivity index (χ4v) is 3.00. The van der Waals surface area contributed by atoms with Crippen molar-refractivity contribution in [3.8, 4) is 5.75 Å². The number of hydrogen-bond donors (Lipinski definition) is 2. The van der Waals surface area contributed by atoms with E-state index in [1.165, 1.54) is 5.56 Å². The van der Waals surface area contributed by atoms with Crippen LogP contribution in [0.2, 0.25) is 0 Å². The van der Waals surface area contributed by atoms with Gasteiger partial charge in [0.1, 0.15) is 5.75 Å². The van der Waals surface area contributed by atoms with E-state index in [0.29, 0.717) is 13.0 Å². The van der Waals surface area contributed by atoms with Crippen molar-refractivity contribution in [1.82, 2.24) is 5.32 Å². The molecule has 0 radical (unpaired) electrons. The summed E-state index contributed by atoms with van der Waals surface area (Å²) in [7, 11) is 0. The van der Waals surface area contributed by atoms with Crippen LogP contribution in [0.15, 0.2) is 48.5 Å². The van der Waals surface area contributed by atoms with E-state index < -0.39 is 0 Å². The first-order valence-corrected chi connectivity index (χ1v) is 8.54. The van der Waals surface area contributed by atoms with E-state index in [4.69, 9.17) is 4.74 Å². The minimum absolute atomic E-state index is 0.129. The van der Waals surface area contributed by atoms with Crippen molar-refractivity contribution in [2.45, 2.75) is 32.2 Å². The van der Waals surface area contributed by atoms with Crippen LogP contribution in [0.25, 0.3) is 0 Å². The van der Waals surface area contributed by atoms with Crippen LogP contribution < -0.4 is 15.4 Å². The van der Waals surface area contributed by atoms with Gasteiger partial charge < -0.3 is 15.4 Å². The largest absolute Gasteiger partial charge is 0.493 e. The summed E-state index contributed by atoms with van der Waals surface area (Å²) in [6, 6.07) is 16.4. The molecule has 2 aromatic rings. The van der Waals surface area contributed by atoms with Crippen molar-refractivity contribution in [2.24, 2.45) is 0 Å². The Labute approximate surface area is 143 Å². The second kappa shape index (κ2) is 7.86. The molecule has 24 heavy (non-hydrogen) atoms. The highest BCUT2D eigenvalue weighted by atomic mass is 16.5. The Morgan fingerprint density at radius 2 is 1.96 bits per heavy atom. The Morgan fingerprint density at radius 1 is 1.17 bits per heavy atom. The van der Waals surface area contributed by atoms with Crippen LogP contribution in [0, 0.1) is 6.92 Å². The molecule has 0 saturated carbocycles. The van der Waals surface area contributed by atoms with E-state index in [1.807, 2.05) is 30.3 Å². The lowest BCUT2D eigenvalue weighted by molar-refractivity contribution is -0.119. The molecule has 126 valence electrons. The molecule has 1 heterocycles. The highest BCUT2D eigenvalue weighted by Gasteiger charge is 2.23. The predicted molar refractivity (Wildman–Crippen MR) is 96.3 cm³/mol. The van der Waals surface area contributed by atoms with E-state index >= 15 is 0 Å². The van der Waals surface area contributed by atoms with E-state index in [2.05, 4.69) is 35.8 Å². The normalized spacial score (nSPS) is 16.7. The third-order valence-electron chi connectivity index (χ3n) is 4.32. The molecular weight excluding hydrogens is 300 g/mol. The van der Waals surface area contributed by atoms with Crippen LogP contribution in [-0.4, -0.2) is 19.1 Å². The SMILES string of the molecule is Cc1ccccc1OCCCNc1ccccc1C1CCC(=O)N1. The highest BCUT2D eigenvalue weighted by molar-refractivity contribution is 5.79. The molecule has 0 spiro atoms. The van der Waals surface area contributed by atoms with Crippen LogP contribution >= 0.6 is 0 Å². The molecular formula is C20H24N2O2. The molecule has 0 aliphatic carbocycles. The smallest absolute Gasteiger partial charge is 0.220 e. The van der Waals surface area contributed by atoms with Gasteiger partial charge in [-0.1, -0.05) is 36.4 Å². The molecule has 1 fully saturated rings. The van der Waals surface area contributed by atoms with Gasteiger partial charge in [0.15, 0.2) is 0 Å². The Morgan fingerprint density at radius 3 is 2.75 bits per heavy atom. The molecule has 1 saturated heterocycles. The number of hydrogen-bond acceptors (Lipinski definition) is 3. The van der Waals surface area contributed by atoms with Crippen LogP contribution in [0.5, 0.6) is 5.75 Å². The molecule has 2 aromatic carbocycles. The molecule has 4 nitrogen and oxygen atoms in total. The Bertz CT molecular complexity index is 700. The monoisotopic (exact) mass is 324 g/mol. The fourth-order valence-electron chi connectivity index (χ4n) is 3.00. The molecule has 3 rings (SSSR count). The lowest BCUT2D eigenvalue weighted by atomic mass is 10.0. The van der Waals surface area contributed by atoms with Gasteiger partial charge in [-0.25, -0.2) is 0 Å². The molecule has 1 aliphatic heterocycles. The van der Waals surface area contributed by atoms with Crippen LogP contribution in [0.1, 0.15) is 36.4 Å². The molecule has 4 heteroatoms. The zero-order chi connectivity index (χ0) is 16.8. The number of aryl methyl sites for hydroxylation is 1. The summed E-state index contributed by atoms with van der Waals surface area (Å²) in [6.07, 6.45) is 2.40. The van der Waals surface area contributed by atoms with Crippen LogP contribution in [0.4, 0.5) is 5.69 Å². The molecule has 1 aliphatic rings. The first kappa shape index (κ1) is 16.4. The standard InChI is InChI=1S/C20H24N2O2/c1-15-7-2-5-10-19(15)24-14-6-13-21-17-9-4-3-8-16(17)18-11-12-20(23)22-18/h2-5,7-10,18,21H,6,11-14H2,1H3,(H,22,23).